The Morgan fingerprint density at radius 1 is 1.10 bits per heavy atom. The number of nitrogens with one attached hydrogen (secondary N) is 1. The van der Waals surface area contributed by atoms with Crippen molar-refractivity contribution in [3.8, 4) is 5.69 Å². The lowest BCUT2D eigenvalue weighted by Crippen LogP contribution is -2.40. The van der Waals surface area contributed by atoms with Crippen molar-refractivity contribution in [2.45, 2.75) is 37.9 Å². The monoisotopic (exact) mass is 423 g/mol. The minimum absolute atomic E-state index is 0.0157. The van der Waals surface area contributed by atoms with Gasteiger partial charge in [-0.05, 0) is 42.7 Å². The number of carbonyl (C=O) groups is 1. The predicted molar refractivity (Wildman–Crippen MR) is 123 cm³/mol. The fraction of sp³-hybridized carbons (Fsp3) is 0.348. The molecule has 3 rings (SSSR count). The number of para-hydroxylation sites is 1. The molecule has 0 aliphatic carbocycles. The van der Waals surface area contributed by atoms with E-state index in [1.807, 2.05) is 29.8 Å². The molecule has 0 aliphatic rings. The molecule has 7 heteroatoms. The van der Waals surface area contributed by atoms with Crippen LogP contribution in [-0.4, -0.2) is 46.1 Å². The maximum Gasteiger partial charge on any atom is 0.230 e. The highest BCUT2D eigenvalue weighted by Gasteiger charge is 2.13. The fourth-order valence-electron chi connectivity index (χ4n) is 3.02. The second kappa shape index (κ2) is 10.3. The quantitative estimate of drug-likeness (QED) is 0.525. The summed E-state index contributed by atoms with van der Waals surface area (Å²) in [4.78, 5) is 14.5. The van der Waals surface area contributed by atoms with Gasteiger partial charge in [-0.1, -0.05) is 55.9 Å². The van der Waals surface area contributed by atoms with Gasteiger partial charge in [-0.3, -0.25) is 9.36 Å². The first-order valence-corrected chi connectivity index (χ1v) is 11.1. The maximum atomic E-state index is 12.4. The Morgan fingerprint density at radius 3 is 2.47 bits per heavy atom. The molecule has 0 fully saturated rings. The van der Waals surface area contributed by atoms with Crippen molar-refractivity contribution >= 4 is 23.4 Å². The Morgan fingerprint density at radius 2 is 1.80 bits per heavy atom. The number of benzene rings is 2. The molecule has 0 saturated heterocycles. The zero-order chi connectivity index (χ0) is 21.5. The van der Waals surface area contributed by atoms with Crippen molar-refractivity contribution in [2.24, 2.45) is 0 Å². The average molecular weight is 424 g/mol. The molecule has 1 unspecified atom stereocenters. The van der Waals surface area contributed by atoms with Gasteiger partial charge >= 0.3 is 0 Å². The molecule has 0 aliphatic heterocycles. The van der Waals surface area contributed by atoms with Crippen LogP contribution in [0.1, 0.15) is 32.3 Å². The van der Waals surface area contributed by atoms with Crippen molar-refractivity contribution in [2.75, 3.05) is 24.2 Å². The molecule has 1 amide bonds. The number of carbonyl (C=O) groups excluding carboxylic acids is 1. The number of nitrogens with zero attached hydrogens (tertiary/aromatic N) is 4. The Hall–Kier alpha value is -2.80. The third-order valence-electron chi connectivity index (χ3n) is 5.11. The van der Waals surface area contributed by atoms with E-state index in [1.54, 1.807) is 6.33 Å². The van der Waals surface area contributed by atoms with Crippen LogP contribution in [0.4, 0.5) is 5.69 Å². The van der Waals surface area contributed by atoms with Crippen LogP contribution in [0, 0.1) is 0 Å². The van der Waals surface area contributed by atoms with Gasteiger partial charge in [0.15, 0.2) is 5.16 Å². The van der Waals surface area contributed by atoms with E-state index in [9.17, 15) is 4.79 Å². The van der Waals surface area contributed by atoms with E-state index < -0.39 is 0 Å². The molecule has 30 heavy (non-hydrogen) atoms. The van der Waals surface area contributed by atoms with Gasteiger partial charge in [-0.15, -0.1) is 10.2 Å². The molecule has 0 radical (unpaired) electrons. The Kier molecular flexibility index (Phi) is 7.52. The van der Waals surface area contributed by atoms with E-state index in [4.69, 9.17) is 0 Å². The van der Waals surface area contributed by atoms with Crippen LogP contribution in [-0.2, 0) is 4.79 Å². The van der Waals surface area contributed by atoms with Gasteiger partial charge in [0.25, 0.3) is 0 Å². The molecular formula is C23H29N5OS. The third-order valence-corrected chi connectivity index (χ3v) is 6.05. The van der Waals surface area contributed by atoms with Crippen LogP contribution in [0.2, 0.25) is 0 Å². The molecule has 1 atom stereocenters. The van der Waals surface area contributed by atoms with Crippen LogP contribution in [0.15, 0.2) is 66.1 Å². The Balaban J connectivity index is 1.51. The number of aromatic nitrogens is 3. The molecule has 1 N–H and O–H groups in total. The van der Waals surface area contributed by atoms with Gasteiger partial charge in [0.05, 0.1) is 5.75 Å². The van der Waals surface area contributed by atoms with E-state index in [2.05, 4.69) is 77.6 Å². The number of hydrogen-bond acceptors (Lipinski definition) is 5. The van der Waals surface area contributed by atoms with E-state index in [-0.39, 0.29) is 11.9 Å². The molecule has 2 aromatic carbocycles. The second-order valence-electron chi connectivity index (χ2n) is 7.62. The summed E-state index contributed by atoms with van der Waals surface area (Å²) >= 11 is 1.39. The lowest BCUT2D eigenvalue weighted by atomic mass is 10.0. The summed E-state index contributed by atoms with van der Waals surface area (Å²) in [5.74, 6) is 0.767. The molecule has 0 spiro atoms. The third kappa shape index (κ3) is 5.63. The smallest absolute Gasteiger partial charge is 0.230 e. The number of amides is 1. The fourth-order valence-corrected chi connectivity index (χ4v) is 3.78. The van der Waals surface area contributed by atoms with E-state index in [0.717, 1.165) is 11.4 Å². The van der Waals surface area contributed by atoms with Crippen LogP contribution in [0.25, 0.3) is 5.69 Å². The minimum atomic E-state index is -0.0157. The largest absolute Gasteiger partial charge is 0.370 e. The Bertz CT molecular complexity index is 940. The standard InChI is InChI=1S/C23H29N5OS/c1-17(2)19-10-12-21(13-11-19)28-16-25-26-23(28)30-15-22(29)24-14-18(3)27(4)20-8-6-5-7-9-20/h5-13,16-18H,14-15H2,1-4H3,(H,24,29). The minimum Gasteiger partial charge on any atom is -0.370 e. The zero-order valence-electron chi connectivity index (χ0n) is 17.9. The van der Waals surface area contributed by atoms with Crippen molar-refractivity contribution in [1.82, 2.24) is 20.1 Å². The molecule has 6 nitrogen and oxygen atoms in total. The van der Waals surface area contributed by atoms with Gasteiger partial charge in [-0.25, -0.2) is 0 Å². The Labute approximate surface area is 182 Å². The first-order valence-electron chi connectivity index (χ1n) is 10.1. The highest BCUT2D eigenvalue weighted by molar-refractivity contribution is 7.99. The lowest BCUT2D eigenvalue weighted by Gasteiger charge is -2.27. The number of rotatable bonds is 9. The van der Waals surface area contributed by atoms with Crippen LogP contribution in [0.3, 0.4) is 0 Å². The lowest BCUT2D eigenvalue weighted by molar-refractivity contribution is -0.118. The summed E-state index contributed by atoms with van der Waals surface area (Å²) in [5, 5.41) is 11.9. The topological polar surface area (TPSA) is 63.1 Å². The van der Waals surface area contributed by atoms with E-state index >= 15 is 0 Å². The molecule has 158 valence electrons. The van der Waals surface area contributed by atoms with Gasteiger partial charge in [0, 0.05) is 31.0 Å². The molecule has 0 saturated carbocycles. The maximum absolute atomic E-state index is 12.4. The molecule has 1 aromatic heterocycles. The van der Waals surface area contributed by atoms with E-state index in [1.165, 1.54) is 17.3 Å². The molecular weight excluding hydrogens is 394 g/mol. The normalized spacial score (nSPS) is 12.0. The summed E-state index contributed by atoms with van der Waals surface area (Å²) in [6.07, 6.45) is 1.68. The SMILES string of the molecule is CC(C)c1ccc(-n2cnnc2SCC(=O)NCC(C)N(C)c2ccccc2)cc1. The molecule has 1 heterocycles. The number of anilines is 1. The average Bonchev–Trinajstić information content (AvgIpc) is 3.24. The van der Waals surface area contributed by atoms with Crippen LogP contribution >= 0.6 is 11.8 Å². The van der Waals surface area contributed by atoms with Crippen molar-refractivity contribution < 1.29 is 4.79 Å². The second-order valence-corrected chi connectivity index (χ2v) is 8.56. The number of likely N-dealkylation sites (N-methyl/N-ethyl adjacent to an activating group) is 1. The summed E-state index contributed by atoms with van der Waals surface area (Å²) < 4.78 is 1.91. The van der Waals surface area contributed by atoms with E-state index in [0.29, 0.717) is 23.4 Å². The molecule has 3 aromatic rings. The number of hydrogen-bond donors (Lipinski definition) is 1. The van der Waals surface area contributed by atoms with Crippen molar-refractivity contribution in [3.63, 3.8) is 0 Å². The first-order chi connectivity index (χ1) is 14.5. The highest BCUT2D eigenvalue weighted by atomic mass is 32.2. The van der Waals surface area contributed by atoms with Gasteiger partial charge < -0.3 is 10.2 Å². The predicted octanol–water partition coefficient (Wildman–Crippen LogP) is 4.12. The number of thioether (sulfide) groups is 1. The van der Waals surface area contributed by atoms with Crippen LogP contribution < -0.4 is 10.2 Å². The first kappa shape index (κ1) is 21.9. The summed E-state index contributed by atoms with van der Waals surface area (Å²) in [7, 11) is 2.04. The zero-order valence-corrected chi connectivity index (χ0v) is 18.8. The molecule has 0 bridgehead atoms. The van der Waals surface area contributed by atoms with Crippen molar-refractivity contribution in [1.29, 1.82) is 0 Å². The van der Waals surface area contributed by atoms with Crippen molar-refractivity contribution in [3.05, 3.63) is 66.5 Å². The summed E-state index contributed by atoms with van der Waals surface area (Å²) in [5.41, 5.74) is 3.41. The van der Waals surface area contributed by atoms with Gasteiger partial charge in [-0.2, -0.15) is 0 Å². The van der Waals surface area contributed by atoms with Gasteiger partial charge in [0.1, 0.15) is 6.33 Å². The van der Waals surface area contributed by atoms with Gasteiger partial charge in [0.2, 0.25) is 5.91 Å². The summed E-state index contributed by atoms with van der Waals surface area (Å²) in [6.45, 7) is 7.02. The summed E-state index contributed by atoms with van der Waals surface area (Å²) in [6, 6.07) is 18.7. The highest BCUT2D eigenvalue weighted by Crippen LogP contribution is 2.22. The van der Waals surface area contributed by atoms with Crippen LogP contribution in [0.5, 0.6) is 0 Å².